The molecule has 0 aromatic heterocycles. The summed E-state index contributed by atoms with van der Waals surface area (Å²) in [5.74, 6) is -0.148. The summed E-state index contributed by atoms with van der Waals surface area (Å²) >= 11 is 5.86. The maximum absolute atomic E-state index is 12.0. The van der Waals surface area contributed by atoms with Gasteiger partial charge in [-0.25, -0.2) is 0 Å². The highest BCUT2D eigenvalue weighted by atomic mass is 35.5. The lowest BCUT2D eigenvalue weighted by molar-refractivity contribution is 0.0935. The highest BCUT2D eigenvalue weighted by Gasteiger charge is 2.16. The minimum atomic E-state index is -0.148. The molecular weight excluding hydrogens is 236 g/mol. The van der Waals surface area contributed by atoms with Gasteiger partial charge in [-0.15, -0.1) is 0 Å². The predicted octanol–water partition coefficient (Wildman–Crippen LogP) is 2.76. The molecule has 0 bridgehead atoms. The average Bonchev–Trinajstić information content (AvgIpc) is 2.33. The summed E-state index contributed by atoms with van der Waals surface area (Å²) in [5, 5.41) is 3.50. The third-order valence-corrected chi connectivity index (χ3v) is 3.10. The molecule has 1 aromatic carbocycles. The third kappa shape index (κ3) is 3.01. The van der Waals surface area contributed by atoms with Crippen molar-refractivity contribution in [3.05, 3.63) is 40.9 Å². The molecule has 3 nitrogen and oxygen atoms in total. The zero-order valence-corrected chi connectivity index (χ0v) is 10.2. The minimum Gasteiger partial charge on any atom is -0.398 e. The molecule has 1 aromatic rings. The van der Waals surface area contributed by atoms with E-state index in [0.29, 0.717) is 16.3 Å². The molecular formula is C13H15ClN2O. The standard InChI is InChI=1S/C13H15ClN2O/c14-9-6-7-12(15)11(8-9)13(17)16-10-4-2-1-3-5-10/h1-2,6-8,10H,3-5,15H2,(H,16,17). The van der Waals surface area contributed by atoms with Crippen LogP contribution in [-0.2, 0) is 0 Å². The Morgan fingerprint density at radius 1 is 1.41 bits per heavy atom. The second-order valence-electron chi connectivity index (χ2n) is 4.19. The van der Waals surface area contributed by atoms with E-state index in [2.05, 4.69) is 17.5 Å². The van der Waals surface area contributed by atoms with Crippen molar-refractivity contribution >= 4 is 23.2 Å². The number of nitrogens with one attached hydrogen (secondary N) is 1. The molecule has 0 saturated carbocycles. The van der Waals surface area contributed by atoms with E-state index in [1.165, 1.54) is 0 Å². The first-order valence-electron chi connectivity index (χ1n) is 5.67. The van der Waals surface area contributed by atoms with Crippen LogP contribution in [0.4, 0.5) is 5.69 Å². The van der Waals surface area contributed by atoms with Crippen LogP contribution in [-0.4, -0.2) is 11.9 Å². The van der Waals surface area contributed by atoms with Crippen LogP contribution in [0.15, 0.2) is 30.4 Å². The molecule has 0 saturated heterocycles. The fraction of sp³-hybridized carbons (Fsp3) is 0.308. The molecule has 0 radical (unpaired) electrons. The smallest absolute Gasteiger partial charge is 0.253 e. The van der Waals surface area contributed by atoms with Crippen LogP contribution in [0.1, 0.15) is 29.6 Å². The maximum Gasteiger partial charge on any atom is 0.253 e. The second-order valence-corrected chi connectivity index (χ2v) is 4.62. The van der Waals surface area contributed by atoms with Crippen molar-refractivity contribution in [3.8, 4) is 0 Å². The molecule has 2 rings (SSSR count). The monoisotopic (exact) mass is 250 g/mol. The van der Waals surface area contributed by atoms with Crippen molar-refractivity contribution < 1.29 is 4.79 Å². The van der Waals surface area contributed by atoms with Gasteiger partial charge in [0.15, 0.2) is 0 Å². The lowest BCUT2D eigenvalue weighted by atomic mass is 10.0. The van der Waals surface area contributed by atoms with Gasteiger partial charge in [0.05, 0.1) is 5.56 Å². The van der Waals surface area contributed by atoms with Crippen LogP contribution < -0.4 is 11.1 Å². The van der Waals surface area contributed by atoms with E-state index in [4.69, 9.17) is 17.3 Å². The number of nitrogens with two attached hydrogens (primary N) is 1. The third-order valence-electron chi connectivity index (χ3n) is 2.86. The van der Waals surface area contributed by atoms with Crippen molar-refractivity contribution in [2.75, 3.05) is 5.73 Å². The van der Waals surface area contributed by atoms with E-state index in [-0.39, 0.29) is 11.9 Å². The Hall–Kier alpha value is -1.48. The van der Waals surface area contributed by atoms with Gasteiger partial charge in [-0.05, 0) is 37.5 Å². The summed E-state index contributed by atoms with van der Waals surface area (Å²) in [7, 11) is 0. The van der Waals surface area contributed by atoms with E-state index in [1.807, 2.05) is 0 Å². The largest absolute Gasteiger partial charge is 0.398 e. The number of benzene rings is 1. The van der Waals surface area contributed by atoms with Gasteiger partial charge in [0.2, 0.25) is 0 Å². The molecule has 0 heterocycles. The van der Waals surface area contributed by atoms with Gasteiger partial charge in [0, 0.05) is 16.8 Å². The molecule has 1 aliphatic carbocycles. The second kappa shape index (κ2) is 5.23. The number of allylic oxidation sites excluding steroid dienone is 1. The van der Waals surface area contributed by atoms with E-state index in [9.17, 15) is 4.79 Å². The van der Waals surface area contributed by atoms with Gasteiger partial charge in [-0.2, -0.15) is 0 Å². The first kappa shape index (κ1) is 12.0. The molecule has 3 N–H and O–H groups in total. The Labute approximate surface area is 106 Å². The topological polar surface area (TPSA) is 55.1 Å². The van der Waals surface area contributed by atoms with Crippen LogP contribution in [0.3, 0.4) is 0 Å². The molecule has 1 atom stereocenters. The van der Waals surface area contributed by atoms with E-state index < -0.39 is 0 Å². The maximum atomic E-state index is 12.0. The first-order valence-corrected chi connectivity index (χ1v) is 6.05. The first-order chi connectivity index (χ1) is 8.16. The Morgan fingerprint density at radius 3 is 2.94 bits per heavy atom. The van der Waals surface area contributed by atoms with Crippen LogP contribution in [0.2, 0.25) is 5.02 Å². The minimum absolute atomic E-state index is 0.148. The molecule has 0 spiro atoms. The molecule has 4 heteroatoms. The number of amides is 1. The number of carbonyl (C=O) groups is 1. The number of rotatable bonds is 2. The zero-order chi connectivity index (χ0) is 12.3. The van der Waals surface area contributed by atoms with Gasteiger partial charge in [-0.3, -0.25) is 4.79 Å². The number of hydrogen-bond acceptors (Lipinski definition) is 2. The Balaban J connectivity index is 2.08. The van der Waals surface area contributed by atoms with Crippen molar-refractivity contribution in [2.45, 2.75) is 25.3 Å². The van der Waals surface area contributed by atoms with Crippen molar-refractivity contribution in [1.82, 2.24) is 5.32 Å². The number of halogens is 1. The highest BCUT2D eigenvalue weighted by molar-refractivity contribution is 6.31. The van der Waals surface area contributed by atoms with E-state index >= 15 is 0 Å². The lowest BCUT2D eigenvalue weighted by Crippen LogP contribution is -2.35. The van der Waals surface area contributed by atoms with Gasteiger partial charge in [-0.1, -0.05) is 23.8 Å². The molecule has 1 aliphatic rings. The van der Waals surface area contributed by atoms with E-state index in [1.54, 1.807) is 18.2 Å². The normalized spacial score (nSPS) is 19.0. The molecule has 90 valence electrons. The fourth-order valence-electron chi connectivity index (χ4n) is 1.91. The van der Waals surface area contributed by atoms with Crippen molar-refractivity contribution in [1.29, 1.82) is 0 Å². The quantitative estimate of drug-likeness (QED) is 0.626. The highest BCUT2D eigenvalue weighted by Crippen LogP contribution is 2.19. The van der Waals surface area contributed by atoms with Gasteiger partial charge in [0.1, 0.15) is 0 Å². The summed E-state index contributed by atoms with van der Waals surface area (Å²) in [6.45, 7) is 0. The lowest BCUT2D eigenvalue weighted by Gasteiger charge is -2.19. The molecule has 0 fully saturated rings. The zero-order valence-electron chi connectivity index (χ0n) is 9.45. The summed E-state index contributed by atoms with van der Waals surface area (Å²) in [6, 6.07) is 5.13. The number of anilines is 1. The number of carbonyl (C=O) groups excluding carboxylic acids is 1. The summed E-state index contributed by atoms with van der Waals surface area (Å²) in [4.78, 5) is 12.0. The van der Waals surface area contributed by atoms with Gasteiger partial charge >= 0.3 is 0 Å². The summed E-state index contributed by atoms with van der Waals surface area (Å²) in [5.41, 5.74) is 6.67. The number of nitrogen functional groups attached to an aromatic ring is 1. The Morgan fingerprint density at radius 2 is 2.24 bits per heavy atom. The SMILES string of the molecule is Nc1ccc(Cl)cc1C(=O)NC1CC=CCC1. The van der Waals surface area contributed by atoms with Crippen LogP contribution in [0.25, 0.3) is 0 Å². The number of hydrogen-bond donors (Lipinski definition) is 2. The van der Waals surface area contributed by atoms with Gasteiger partial charge in [0.25, 0.3) is 5.91 Å². The van der Waals surface area contributed by atoms with Crippen LogP contribution >= 0.6 is 11.6 Å². The van der Waals surface area contributed by atoms with Crippen LogP contribution in [0.5, 0.6) is 0 Å². The van der Waals surface area contributed by atoms with E-state index in [0.717, 1.165) is 19.3 Å². The molecule has 1 unspecified atom stereocenters. The summed E-state index contributed by atoms with van der Waals surface area (Å²) in [6.07, 6.45) is 7.09. The van der Waals surface area contributed by atoms with Crippen molar-refractivity contribution in [3.63, 3.8) is 0 Å². The molecule has 1 amide bonds. The Kier molecular flexibility index (Phi) is 3.69. The average molecular weight is 251 g/mol. The molecule has 17 heavy (non-hydrogen) atoms. The Bertz CT molecular complexity index is 457. The van der Waals surface area contributed by atoms with Gasteiger partial charge < -0.3 is 11.1 Å². The van der Waals surface area contributed by atoms with Crippen molar-refractivity contribution in [2.24, 2.45) is 0 Å². The fourth-order valence-corrected chi connectivity index (χ4v) is 2.09. The summed E-state index contributed by atoms with van der Waals surface area (Å²) < 4.78 is 0. The van der Waals surface area contributed by atoms with Crippen LogP contribution in [0, 0.1) is 0 Å². The molecule has 0 aliphatic heterocycles. The predicted molar refractivity (Wildman–Crippen MR) is 70.1 cm³/mol.